The number of carbonyl (C=O) groups excluding carboxylic acids is 1. The van der Waals surface area contributed by atoms with Crippen LogP contribution in [0.1, 0.15) is 21.5 Å². The predicted molar refractivity (Wildman–Crippen MR) is 65.3 cm³/mol. The topological polar surface area (TPSA) is 83.8 Å². The van der Waals surface area contributed by atoms with Gasteiger partial charge in [0, 0.05) is 6.54 Å². The average molecular weight is 230 g/mol. The minimum absolute atomic E-state index is 0.223. The van der Waals surface area contributed by atoms with Crippen molar-refractivity contribution in [3.63, 3.8) is 0 Å². The molecule has 0 aliphatic heterocycles. The quantitative estimate of drug-likeness (QED) is 0.741. The van der Waals surface area contributed by atoms with Crippen molar-refractivity contribution in [2.45, 2.75) is 13.5 Å². The number of nitrogens with two attached hydrogens (primary N) is 1. The largest absolute Gasteiger partial charge is 0.383 e. The molecule has 5 heteroatoms. The zero-order valence-electron chi connectivity index (χ0n) is 9.53. The molecule has 1 aromatic carbocycles. The Bertz CT molecular complexity index is 533. The molecule has 1 heterocycles. The molecule has 0 bridgehead atoms. The van der Waals surface area contributed by atoms with E-state index in [1.807, 2.05) is 31.2 Å². The molecule has 0 spiro atoms. The number of amides is 1. The molecule has 4 N–H and O–H groups in total. The summed E-state index contributed by atoms with van der Waals surface area (Å²) in [6.45, 7) is 2.49. The Morgan fingerprint density at radius 3 is 2.88 bits per heavy atom. The fraction of sp³-hybridized carbons (Fsp3) is 0.167. The number of rotatable bonds is 3. The SMILES string of the molecule is Cc1ccccc1CNC(=O)c1cn[nH]c1N. The Hall–Kier alpha value is -2.30. The van der Waals surface area contributed by atoms with Gasteiger partial charge in [0.1, 0.15) is 11.4 Å². The Labute approximate surface area is 99.0 Å². The number of carbonyl (C=O) groups is 1. The smallest absolute Gasteiger partial charge is 0.256 e. The normalized spacial score (nSPS) is 10.2. The van der Waals surface area contributed by atoms with Gasteiger partial charge in [0.25, 0.3) is 5.91 Å². The number of H-pyrrole nitrogens is 1. The number of benzene rings is 1. The fourth-order valence-corrected chi connectivity index (χ4v) is 1.56. The van der Waals surface area contributed by atoms with Gasteiger partial charge in [0.2, 0.25) is 0 Å². The molecular weight excluding hydrogens is 216 g/mol. The van der Waals surface area contributed by atoms with E-state index in [1.165, 1.54) is 6.20 Å². The third-order valence-corrected chi connectivity index (χ3v) is 2.61. The van der Waals surface area contributed by atoms with Gasteiger partial charge in [-0.25, -0.2) is 0 Å². The van der Waals surface area contributed by atoms with Crippen LogP contribution in [-0.2, 0) is 6.54 Å². The second-order valence-corrected chi connectivity index (χ2v) is 3.81. The zero-order valence-corrected chi connectivity index (χ0v) is 9.53. The molecule has 0 saturated heterocycles. The van der Waals surface area contributed by atoms with Crippen molar-refractivity contribution in [3.05, 3.63) is 47.2 Å². The molecule has 2 aromatic rings. The van der Waals surface area contributed by atoms with Crippen molar-refractivity contribution in [2.75, 3.05) is 5.73 Å². The molecule has 0 fully saturated rings. The second-order valence-electron chi connectivity index (χ2n) is 3.81. The lowest BCUT2D eigenvalue weighted by molar-refractivity contribution is 0.0952. The van der Waals surface area contributed by atoms with E-state index < -0.39 is 0 Å². The highest BCUT2D eigenvalue weighted by molar-refractivity contribution is 5.98. The molecule has 17 heavy (non-hydrogen) atoms. The molecular formula is C12H14N4O. The van der Waals surface area contributed by atoms with E-state index in [1.54, 1.807) is 0 Å². The van der Waals surface area contributed by atoms with Gasteiger partial charge in [0.05, 0.1) is 6.20 Å². The summed E-state index contributed by atoms with van der Waals surface area (Å²) in [6, 6.07) is 7.90. The van der Waals surface area contributed by atoms with E-state index in [0.29, 0.717) is 12.1 Å². The first-order valence-electron chi connectivity index (χ1n) is 5.30. The first-order valence-corrected chi connectivity index (χ1v) is 5.30. The maximum Gasteiger partial charge on any atom is 0.256 e. The number of nitrogen functional groups attached to an aromatic ring is 1. The third kappa shape index (κ3) is 2.44. The van der Waals surface area contributed by atoms with Gasteiger partial charge in [-0.3, -0.25) is 9.89 Å². The lowest BCUT2D eigenvalue weighted by atomic mass is 10.1. The number of nitrogens with one attached hydrogen (secondary N) is 2. The molecule has 1 amide bonds. The minimum atomic E-state index is -0.223. The summed E-state index contributed by atoms with van der Waals surface area (Å²) in [6.07, 6.45) is 1.42. The van der Waals surface area contributed by atoms with E-state index >= 15 is 0 Å². The third-order valence-electron chi connectivity index (χ3n) is 2.61. The van der Waals surface area contributed by atoms with Crippen molar-refractivity contribution in [3.8, 4) is 0 Å². The average Bonchev–Trinajstić information content (AvgIpc) is 2.74. The maximum atomic E-state index is 11.8. The predicted octanol–water partition coefficient (Wildman–Crippen LogP) is 1.23. The number of nitrogens with zero attached hydrogens (tertiary/aromatic N) is 1. The summed E-state index contributed by atoms with van der Waals surface area (Å²) in [5, 5.41) is 9.03. The number of hydrogen-bond acceptors (Lipinski definition) is 3. The van der Waals surface area contributed by atoms with E-state index in [2.05, 4.69) is 15.5 Å². The second kappa shape index (κ2) is 4.69. The number of aromatic amines is 1. The maximum absolute atomic E-state index is 11.8. The number of anilines is 1. The van der Waals surface area contributed by atoms with Crippen LogP contribution in [0.2, 0.25) is 0 Å². The molecule has 0 radical (unpaired) electrons. The van der Waals surface area contributed by atoms with E-state index in [0.717, 1.165) is 11.1 Å². The summed E-state index contributed by atoms with van der Waals surface area (Å²) in [7, 11) is 0. The van der Waals surface area contributed by atoms with Crippen LogP contribution in [0.15, 0.2) is 30.5 Å². The van der Waals surface area contributed by atoms with Crippen LogP contribution in [0.4, 0.5) is 5.82 Å². The van der Waals surface area contributed by atoms with Crippen LogP contribution in [0, 0.1) is 6.92 Å². The molecule has 0 atom stereocenters. The van der Waals surface area contributed by atoms with Crippen molar-refractivity contribution >= 4 is 11.7 Å². The van der Waals surface area contributed by atoms with Gasteiger partial charge < -0.3 is 11.1 Å². The highest BCUT2D eigenvalue weighted by Crippen LogP contribution is 2.08. The highest BCUT2D eigenvalue weighted by atomic mass is 16.1. The summed E-state index contributed by atoms with van der Waals surface area (Å²) >= 11 is 0. The Balaban J connectivity index is 2.02. The molecule has 0 saturated carbocycles. The molecule has 0 unspecified atom stereocenters. The number of aromatic nitrogens is 2. The van der Waals surface area contributed by atoms with Crippen LogP contribution in [0.25, 0.3) is 0 Å². The summed E-state index contributed by atoms with van der Waals surface area (Å²) in [4.78, 5) is 11.8. The van der Waals surface area contributed by atoms with Crippen molar-refractivity contribution in [2.24, 2.45) is 0 Å². The Kier molecular flexibility index (Phi) is 3.09. The van der Waals surface area contributed by atoms with E-state index in [-0.39, 0.29) is 11.7 Å². The number of hydrogen-bond donors (Lipinski definition) is 3. The van der Waals surface area contributed by atoms with Crippen LogP contribution >= 0.6 is 0 Å². The van der Waals surface area contributed by atoms with E-state index in [4.69, 9.17) is 5.73 Å². The van der Waals surface area contributed by atoms with Crippen LogP contribution in [0.5, 0.6) is 0 Å². The van der Waals surface area contributed by atoms with Gasteiger partial charge in [0.15, 0.2) is 0 Å². The molecule has 88 valence electrons. The van der Waals surface area contributed by atoms with Crippen LogP contribution in [-0.4, -0.2) is 16.1 Å². The van der Waals surface area contributed by atoms with Gasteiger partial charge in [-0.15, -0.1) is 0 Å². The van der Waals surface area contributed by atoms with Gasteiger partial charge in [-0.05, 0) is 18.1 Å². The molecule has 2 rings (SSSR count). The van der Waals surface area contributed by atoms with Crippen molar-refractivity contribution in [1.29, 1.82) is 0 Å². The monoisotopic (exact) mass is 230 g/mol. The Morgan fingerprint density at radius 2 is 2.24 bits per heavy atom. The van der Waals surface area contributed by atoms with Crippen molar-refractivity contribution in [1.82, 2.24) is 15.5 Å². The summed E-state index contributed by atoms with van der Waals surface area (Å²) in [5.41, 5.74) is 8.17. The lowest BCUT2D eigenvalue weighted by Gasteiger charge is -2.07. The highest BCUT2D eigenvalue weighted by Gasteiger charge is 2.11. The Morgan fingerprint density at radius 1 is 1.47 bits per heavy atom. The van der Waals surface area contributed by atoms with Crippen LogP contribution < -0.4 is 11.1 Å². The minimum Gasteiger partial charge on any atom is -0.383 e. The van der Waals surface area contributed by atoms with Gasteiger partial charge in [-0.1, -0.05) is 24.3 Å². The fourth-order valence-electron chi connectivity index (χ4n) is 1.56. The van der Waals surface area contributed by atoms with Gasteiger partial charge in [-0.2, -0.15) is 5.10 Å². The molecule has 5 nitrogen and oxygen atoms in total. The lowest BCUT2D eigenvalue weighted by Crippen LogP contribution is -2.23. The molecule has 1 aromatic heterocycles. The number of aryl methyl sites for hydroxylation is 1. The first kappa shape index (κ1) is 11.2. The zero-order chi connectivity index (χ0) is 12.3. The standard InChI is InChI=1S/C12H14N4O/c1-8-4-2-3-5-9(8)6-14-12(17)10-7-15-16-11(10)13/h2-5,7H,6H2,1H3,(H,14,17)(H3,13,15,16). The summed E-state index contributed by atoms with van der Waals surface area (Å²) in [5.74, 6) is 0.0618. The molecule has 0 aliphatic rings. The van der Waals surface area contributed by atoms with Crippen molar-refractivity contribution < 1.29 is 4.79 Å². The van der Waals surface area contributed by atoms with Crippen LogP contribution in [0.3, 0.4) is 0 Å². The molecule has 0 aliphatic carbocycles. The summed E-state index contributed by atoms with van der Waals surface area (Å²) < 4.78 is 0. The first-order chi connectivity index (χ1) is 8.18. The van der Waals surface area contributed by atoms with E-state index in [9.17, 15) is 4.79 Å². The van der Waals surface area contributed by atoms with Gasteiger partial charge >= 0.3 is 0 Å².